The Labute approximate surface area is 142 Å². The van der Waals surface area contributed by atoms with Gasteiger partial charge in [-0.3, -0.25) is 0 Å². The molecule has 0 fully saturated rings. The van der Waals surface area contributed by atoms with Crippen LogP contribution >= 0.6 is 11.6 Å². The van der Waals surface area contributed by atoms with Crippen LogP contribution in [-0.4, -0.2) is 37.1 Å². The molecule has 0 aromatic heterocycles. The molecule has 0 spiro atoms. The molecule has 0 saturated carbocycles. The quantitative estimate of drug-likeness (QED) is 0.699. The van der Waals surface area contributed by atoms with Gasteiger partial charge < -0.3 is 0 Å². The molecule has 2 aromatic carbocycles. The molecule has 0 saturated heterocycles. The molecule has 0 heterocycles. The summed E-state index contributed by atoms with van der Waals surface area (Å²) in [7, 11) is -1.94. The number of benzene rings is 2. The first-order chi connectivity index (χ1) is 10.5. The molecule has 3 nitrogen and oxygen atoms in total. The third-order valence-electron chi connectivity index (χ3n) is 2.71. The third kappa shape index (κ3) is 4.97. The van der Waals surface area contributed by atoms with Crippen LogP contribution in [0.25, 0.3) is 0 Å². The van der Waals surface area contributed by atoms with Crippen LogP contribution in [0.15, 0.2) is 69.4 Å². The minimum absolute atomic E-state index is 0.100. The van der Waals surface area contributed by atoms with Crippen molar-refractivity contribution >= 4 is 40.9 Å². The van der Waals surface area contributed by atoms with Crippen molar-refractivity contribution in [1.29, 1.82) is 0 Å². The fourth-order valence-corrected chi connectivity index (χ4v) is 5.70. The van der Waals surface area contributed by atoms with Gasteiger partial charge in [0, 0.05) is 0 Å². The van der Waals surface area contributed by atoms with E-state index in [0.717, 1.165) is 8.93 Å². The third-order valence-corrected chi connectivity index (χ3v) is 6.93. The van der Waals surface area contributed by atoms with Gasteiger partial charge in [-0.05, 0) is 0 Å². The summed E-state index contributed by atoms with van der Waals surface area (Å²) >= 11 is 5.70. The van der Waals surface area contributed by atoms with Crippen LogP contribution in [0.2, 0.25) is 5.02 Å². The zero-order chi connectivity index (χ0) is 16.0. The first-order valence-electron chi connectivity index (χ1n) is 6.44. The summed E-state index contributed by atoms with van der Waals surface area (Å²) in [6.45, 7) is 0.293. The molecule has 116 valence electrons. The van der Waals surface area contributed by atoms with Crippen LogP contribution in [0.4, 0.5) is 0 Å². The number of methoxy groups -OCH3 is 1. The Morgan fingerprint density at radius 3 is 2.36 bits per heavy atom. The summed E-state index contributed by atoms with van der Waals surface area (Å²) in [5.74, 6) is 0. The average molecular weight is 402 g/mol. The van der Waals surface area contributed by atoms with Crippen LogP contribution in [0, 0.1) is 0 Å². The molecule has 2 aromatic rings. The minimum atomic E-state index is -3.50. The summed E-state index contributed by atoms with van der Waals surface area (Å²) in [6.07, 6.45) is 0. The second-order valence-electron chi connectivity index (χ2n) is 4.43. The van der Waals surface area contributed by atoms with Crippen molar-refractivity contribution in [2.75, 3.05) is 13.7 Å². The van der Waals surface area contributed by atoms with Crippen LogP contribution in [0.1, 0.15) is 0 Å². The van der Waals surface area contributed by atoms with Gasteiger partial charge in [0.25, 0.3) is 0 Å². The molecular formula is C16H15ClO3SSe. The Morgan fingerprint density at radius 2 is 1.77 bits per heavy atom. The van der Waals surface area contributed by atoms with Gasteiger partial charge in [-0.1, -0.05) is 0 Å². The summed E-state index contributed by atoms with van der Waals surface area (Å²) in [5, 5.41) is 1.82. The Morgan fingerprint density at radius 1 is 1.14 bits per heavy atom. The summed E-state index contributed by atoms with van der Waals surface area (Å²) in [5.41, 5.74) is 0. The maximum atomic E-state index is 12.5. The Kier molecular flexibility index (Phi) is 6.24. The molecule has 0 amide bonds. The van der Waals surface area contributed by atoms with Crippen molar-refractivity contribution < 1.29 is 13.2 Å². The predicted octanol–water partition coefficient (Wildman–Crippen LogP) is 2.63. The molecule has 0 aliphatic carbocycles. The van der Waals surface area contributed by atoms with E-state index in [2.05, 4.69) is 0 Å². The van der Waals surface area contributed by atoms with Crippen molar-refractivity contribution in [1.82, 2.24) is 0 Å². The second-order valence-corrected chi connectivity index (χ2v) is 9.18. The van der Waals surface area contributed by atoms with Crippen molar-refractivity contribution in [3.8, 4) is 0 Å². The van der Waals surface area contributed by atoms with Crippen molar-refractivity contribution in [2.24, 2.45) is 0 Å². The van der Waals surface area contributed by atoms with Crippen LogP contribution in [0.3, 0.4) is 0 Å². The fourth-order valence-electron chi connectivity index (χ4n) is 1.74. The molecule has 0 aliphatic rings. The van der Waals surface area contributed by atoms with Gasteiger partial charge >= 0.3 is 142 Å². The zero-order valence-electron chi connectivity index (χ0n) is 11.9. The van der Waals surface area contributed by atoms with E-state index in [0.29, 0.717) is 11.6 Å². The molecule has 0 aliphatic heterocycles. The van der Waals surface area contributed by atoms with E-state index < -0.39 is 9.84 Å². The van der Waals surface area contributed by atoms with E-state index in [9.17, 15) is 8.42 Å². The van der Waals surface area contributed by atoms with Gasteiger partial charge in [-0.25, -0.2) is 0 Å². The molecule has 0 N–H and O–H groups in total. The maximum absolute atomic E-state index is 12.5. The number of halogens is 1. The van der Waals surface area contributed by atoms with Crippen LogP contribution in [-0.2, 0) is 14.6 Å². The molecular weight excluding hydrogens is 387 g/mol. The van der Waals surface area contributed by atoms with Gasteiger partial charge in [-0.2, -0.15) is 0 Å². The van der Waals surface area contributed by atoms with Crippen molar-refractivity contribution in [3.63, 3.8) is 0 Å². The standard InChI is InChI=1S/C16H15ClO3SSe/c1-20-11-16(22-15-5-3-2-4-6-15)12-21(18,19)14-9-7-13(17)8-10-14/h2-10,12H,11H2,1H3/b16-12+. The van der Waals surface area contributed by atoms with Crippen molar-refractivity contribution in [3.05, 3.63) is 69.5 Å². The predicted molar refractivity (Wildman–Crippen MR) is 90.4 cm³/mol. The Balaban J connectivity index is 2.30. The number of hydrogen-bond acceptors (Lipinski definition) is 3. The summed E-state index contributed by atoms with van der Waals surface area (Å²) < 4.78 is 31.9. The van der Waals surface area contributed by atoms with E-state index in [-0.39, 0.29) is 19.9 Å². The van der Waals surface area contributed by atoms with E-state index in [1.807, 2.05) is 30.3 Å². The number of sulfone groups is 1. The molecule has 0 atom stereocenters. The molecule has 2 rings (SSSR count). The monoisotopic (exact) mass is 402 g/mol. The fraction of sp³-hybridized carbons (Fsp3) is 0.125. The SMILES string of the molecule is COC/C(=C\S(=O)(=O)c1ccc(Cl)cc1)[Se]c1ccccc1. The Bertz CT molecular complexity index is 741. The van der Waals surface area contributed by atoms with Crippen LogP contribution < -0.4 is 4.46 Å². The topological polar surface area (TPSA) is 43.4 Å². The Hall–Kier alpha value is -1.10. The van der Waals surface area contributed by atoms with E-state index >= 15 is 0 Å². The first-order valence-corrected chi connectivity index (χ1v) is 10.1. The molecule has 22 heavy (non-hydrogen) atoms. The van der Waals surface area contributed by atoms with Gasteiger partial charge in [0.2, 0.25) is 0 Å². The van der Waals surface area contributed by atoms with Gasteiger partial charge in [-0.15, -0.1) is 0 Å². The first kappa shape index (κ1) is 17.3. The molecule has 0 radical (unpaired) electrons. The number of rotatable bonds is 6. The molecule has 0 bridgehead atoms. The number of ether oxygens (including phenoxy) is 1. The summed E-state index contributed by atoms with van der Waals surface area (Å²) in [4.78, 5) is 0.231. The van der Waals surface area contributed by atoms with E-state index in [1.54, 1.807) is 19.2 Å². The van der Waals surface area contributed by atoms with E-state index in [4.69, 9.17) is 16.3 Å². The summed E-state index contributed by atoms with van der Waals surface area (Å²) in [6, 6.07) is 15.9. The molecule has 6 heteroatoms. The zero-order valence-corrected chi connectivity index (χ0v) is 15.2. The van der Waals surface area contributed by atoms with Crippen LogP contribution in [0.5, 0.6) is 0 Å². The van der Waals surface area contributed by atoms with Gasteiger partial charge in [0.05, 0.1) is 0 Å². The van der Waals surface area contributed by atoms with Crippen molar-refractivity contribution in [2.45, 2.75) is 4.90 Å². The average Bonchev–Trinajstić information content (AvgIpc) is 2.48. The van der Waals surface area contributed by atoms with Gasteiger partial charge in [0.15, 0.2) is 0 Å². The second kappa shape index (κ2) is 7.95. The normalized spacial score (nSPS) is 12.4. The number of hydrogen-bond donors (Lipinski definition) is 0. The van der Waals surface area contributed by atoms with E-state index in [1.165, 1.54) is 17.5 Å². The molecule has 0 unspecified atom stereocenters. The van der Waals surface area contributed by atoms with Gasteiger partial charge in [0.1, 0.15) is 0 Å².